The number of nitrogens with one attached hydrogen (secondary N) is 1. The number of nitrogens with two attached hydrogens (primary N) is 1. The predicted octanol–water partition coefficient (Wildman–Crippen LogP) is 2.82. The smallest absolute Gasteiger partial charge is 0.240 e. The lowest BCUT2D eigenvalue weighted by molar-refractivity contribution is 0.390. The second-order valence-corrected chi connectivity index (χ2v) is 6.82. The molecule has 0 saturated carbocycles. The molecular formula is C14H23FN2O2S. The Kier molecular flexibility index (Phi) is 5.53. The van der Waals surface area contributed by atoms with Crippen LogP contribution in [0.15, 0.2) is 17.0 Å². The molecular weight excluding hydrogens is 279 g/mol. The first-order chi connectivity index (χ1) is 9.22. The van der Waals surface area contributed by atoms with Gasteiger partial charge in [-0.25, -0.2) is 17.5 Å². The minimum atomic E-state index is -3.76. The van der Waals surface area contributed by atoms with E-state index in [1.165, 1.54) is 13.0 Å². The fraction of sp³-hybridized carbons (Fsp3) is 0.571. The lowest BCUT2D eigenvalue weighted by atomic mass is 9.96. The number of halogens is 1. The Bertz CT molecular complexity index is 546. The molecule has 1 rings (SSSR count). The van der Waals surface area contributed by atoms with E-state index in [2.05, 4.69) is 4.72 Å². The van der Waals surface area contributed by atoms with Crippen LogP contribution in [-0.4, -0.2) is 14.5 Å². The van der Waals surface area contributed by atoms with Crippen molar-refractivity contribution in [1.29, 1.82) is 0 Å². The van der Waals surface area contributed by atoms with Gasteiger partial charge in [-0.05, 0) is 31.9 Å². The molecule has 3 N–H and O–H groups in total. The summed E-state index contributed by atoms with van der Waals surface area (Å²) in [4.78, 5) is -0.129. The van der Waals surface area contributed by atoms with Crippen LogP contribution in [0.3, 0.4) is 0 Å². The largest absolute Gasteiger partial charge is 0.398 e. The standard InChI is InChI=1S/C14H23FN2O2S/c1-5-11(6-2)10(4)17-20(18,19)12-7-13(15)9(3)14(16)8-12/h7-8,10-11,17H,5-6,16H2,1-4H3. The van der Waals surface area contributed by atoms with Crippen LogP contribution >= 0.6 is 0 Å². The zero-order chi connectivity index (χ0) is 15.5. The lowest BCUT2D eigenvalue weighted by Gasteiger charge is -2.22. The number of hydrogen-bond donors (Lipinski definition) is 2. The van der Waals surface area contributed by atoms with Crippen LogP contribution < -0.4 is 10.5 Å². The summed E-state index contributed by atoms with van der Waals surface area (Å²) in [6.07, 6.45) is 1.76. The maximum Gasteiger partial charge on any atom is 0.240 e. The Labute approximate surface area is 120 Å². The Balaban J connectivity index is 3.06. The van der Waals surface area contributed by atoms with Gasteiger partial charge in [-0.15, -0.1) is 0 Å². The molecule has 0 aliphatic rings. The van der Waals surface area contributed by atoms with Crippen LogP contribution in [0, 0.1) is 18.7 Å². The molecule has 114 valence electrons. The lowest BCUT2D eigenvalue weighted by Crippen LogP contribution is -2.37. The Morgan fingerprint density at radius 1 is 1.30 bits per heavy atom. The van der Waals surface area contributed by atoms with Gasteiger partial charge >= 0.3 is 0 Å². The number of sulfonamides is 1. The molecule has 20 heavy (non-hydrogen) atoms. The summed E-state index contributed by atoms with van der Waals surface area (Å²) in [5.74, 6) is -0.363. The molecule has 1 aromatic carbocycles. The van der Waals surface area contributed by atoms with Crippen molar-refractivity contribution >= 4 is 15.7 Å². The Morgan fingerprint density at radius 2 is 1.85 bits per heavy atom. The highest BCUT2D eigenvalue weighted by molar-refractivity contribution is 7.89. The van der Waals surface area contributed by atoms with E-state index in [1.807, 2.05) is 20.8 Å². The van der Waals surface area contributed by atoms with E-state index in [4.69, 9.17) is 5.73 Å². The predicted molar refractivity (Wildman–Crippen MR) is 79.4 cm³/mol. The van der Waals surface area contributed by atoms with Crippen molar-refractivity contribution in [3.8, 4) is 0 Å². The van der Waals surface area contributed by atoms with Gasteiger partial charge < -0.3 is 5.73 Å². The third-order valence-corrected chi connectivity index (χ3v) is 5.30. The van der Waals surface area contributed by atoms with Gasteiger partial charge in [0.25, 0.3) is 0 Å². The molecule has 4 nitrogen and oxygen atoms in total. The third-order valence-electron chi connectivity index (χ3n) is 3.77. The molecule has 1 aromatic rings. The molecule has 0 aliphatic heterocycles. The average molecular weight is 302 g/mol. The van der Waals surface area contributed by atoms with Crippen LogP contribution in [-0.2, 0) is 10.0 Å². The summed E-state index contributed by atoms with van der Waals surface area (Å²) in [5.41, 5.74) is 6.03. The van der Waals surface area contributed by atoms with Crippen molar-refractivity contribution in [2.45, 2.75) is 51.5 Å². The van der Waals surface area contributed by atoms with Crippen molar-refractivity contribution < 1.29 is 12.8 Å². The van der Waals surface area contributed by atoms with Crippen LogP contribution in [0.1, 0.15) is 39.2 Å². The molecule has 0 heterocycles. The monoisotopic (exact) mass is 302 g/mol. The molecule has 0 bridgehead atoms. The fourth-order valence-electron chi connectivity index (χ4n) is 2.23. The van der Waals surface area contributed by atoms with Gasteiger partial charge in [0.2, 0.25) is 10.0 Å². The minimum absolute atomic E-state index is 0.129. The molecule has 0 fully saturated rings. The van der Waals surface area contributed by atoms with E-state index in [0.29, 0.717) is 0 Å². The van der Waals surface area contributed by atoms with E-state index in [9.17, 15) is 12.8 Å². The highest BCUT2D eigenvalue weighted by Gasteiger charge is 2.23. The van der Waals surface area contributed by atoms with Gasteiger partial charge in [-0.3, -0.25) is 0 Å². The number of nitrogen functional groups attached to an aromatic ring is 1. The van der Waals surface area contributed by atoms with Gasteiger partial charge in [0, 0.05) is 17.3 Å². The first-order valence-corrected chi connectivity index (χ1v) is 8.29. The van der Waals surface area contributed by atoms with Crippen molar-refractivity contribution in [1.82, 2.24) is 4.72 Å². The maximum absolute atomic E-state index is 13.6. The van der Waals surface area contributed by atoms with Gasteiger partial charge in [-0.1, -0.05) is 26.7 Å². The molecule has 6 heteroatoms. The van der Waals surface area contributed by atoms with E-state index >= 15 is 0 Å². The zero-order valence-electron chi connectivity index (χ0n) is 12.4. The second-order valence-electron chi connectivity index (χ2n) is 5.11. The summed E-state index contributed by atoms with van der Waals surface area (Å²) in [6.45, 7) is 7.37. The van der Waals surface area contributed by atoms with Crippen LogP contribution in [0.25, 0.3) is 0 Å². The maximum atomic E-state index is 13.6. The molecule has 0 amide bonds. The zero-order valence-corrected chi connectivity index (χ0v) is 13.2. The van der Waals surface area contributed by atoms with Gasteiger partial charge in [0.1, 0.15) is 5.82 Å². The van der Waals surface area contributed by atoms with Crippen molar-refractivity contribution in [3.05, 3.63) is 23.5 Å². The van der Waals surface area contributed by atoms with Crippen molar-refractivity contribution in [2.75, 3.05) is 5.73 Å². The van der Waals surface area contributed by atoms with E-state index in [-0.39, 0.29) is 28.1 Å². The Hall–Kier alpha value is -1.14. The molecule has 1 unspecified atom stereocenters. The van der Waals surface area contributed by atoms with Crippen LogP contribution in [0.5, 0.6) is 0 Å². The molecule has 0 saturated heterocycles. The van der Waals surface area contributed by atoms with Gasteiger partial charge in [-0.2, -0.15) is 0 Å². The molecule has 0 aliphatic carbocycles. The fourth-order valence-corrected chi connectivity index (χ4v) is 3.59. The number of rotatable bonds is 6. The summed E-state index contributed by atoms with van der Waals surface area (Å²) in [7, 11) is -3.76. The summed E-state index contributed by atoms with van der Waals surface area (Å²) in [6, 6.07) is 2.09. The number of anilines is 1. The summed E-state index contributed by atoms with van der Waals surface area (Å²) < 4.78 is 40.7. The molecule has 0 radical (unpaired) electrons. The number of benzene rings is 1. The van der Waals surface area contributed by atoms with Crippen LogP contribution in [0.2, 0.25) is 0 Å². The van der Waals surface area contributed by atoms with E-state index < -0.39 is 15.8 Å². The van der Waals surface area contributed by atoms with Crippen molar-refractivity contribution in [3.63, 3.8) is 0 Å². The third kappa shape index (κ3) is 3.70. The summed E-state index contributed by atoms with van der Waals surface area (Å²) >= 11 is 0. The second kappa shape index (κ2) is 6.54. The van der Waals surface area contributed by atoms with Crippen LogP contribution in [0.4, 0.5) is 10.1 Å². The average Bonchev–Trinajstić information content (AvgIpc) is 2.36. The Morgan fingerprint density at radius 3 is 2.30 bits per heavy atom. The molecule has 0 aromatic heterocycles. The van der Waals surface area contributed by atoms with E-state index in [1.54, 1.807) is 0 Å². The highest BCUT2D eigenvalue weighted by Crippen LogP contribution is 2.22. The SMILES string of the molecule is CCC(CC)C(C)NS(=O)(=O)c1cc(N)c(C)c(F)c1. The van der Waals surface area contributed by atoms with Gasteiger partial charge in [0.05, 0.1) is 4.90 Å². The summed E-state index contributed by atoms with van der Waals surface area (Å²) in [5, 5.41) is 0. The van der Waals surface area contributed by atoms with Gasteiger partial charge in [0.15, 0.2) is 0 Å². The quantitative estimate of drug-likeness (QED) is 0.794. The normalized spacial score (nSPS) is 13.7. The molecule has 0 spiro atoms. The topological polar surface area (TPSA) is 72.2 Å². The van der Waals surface area contributed by atoms with Crippen molar-refractivity contribution in [2.24, 2.45) is 5.92 Å². The highest BCUT2D eigenvalue weighted by atomic mass is 32.2. The first kappa shape index (κ1) is 16.9. The van der Waals surface area contributed by atoms with E-state index in [0.717, 1.165) is 18.9 Å². The number of hydrogen-bond acceptors (Lipinski definition) is 3. The minimum Gasteiger partial charge on any atom is -0.398 e. The molecule has 1 atom stereocenters. The first-order valence-electron chi connectivity index (χ1n) is 6.80.